The van der Waals surface area contributed by atoms with Gasteiger partial charge < -0.3 is 20.9 Å². The number of ether oxygens (including phenoxy) is 2. The molecule has 0 saturated heterocycles. The van der Waals surface area contributed by atoms with Crippen LogP contribution in [0.4, 0.5) is 11.4 Å². The van der Waals surface area contributed by atoms with E-state index < -0.39 is 6.29 Å². The van der Waals surface area contributed by atoms with Crippen molar-refractivity contribution in [3.05, 3.63) is 47.5 Å². The molecule has 0 aliphatic carbocycles. The van der Waals surface area contributed by atoms with Crippen molar-refractivity contribution in [2.75, 3.05) is 11.5 Å². The molecule has 21 heavy (non-hydrogen) atoms. The first-order valence-corrected chi connectivity index (χ1v) is 7.05. The van der Waals surface area contributed by atoms with Gasteiger partial charge in [0.05, 0.1) is 5.69 Å². The molecule has 0 bridgehead atoms. The van der Waals surface area contributed by atoms with Gasteiger partial charge in [0.2, 0.25) is 6.29 Å². The van der Waals surface area contributed by atoms with Gasteiger partial charge in [0.15, 0.2) is 0 Å². The highest BCUT2D eigenvalue weighted by atomic mass is 16.7. The number of nitrogen functional groups attached to an aromatic ring is 2. The lowest BCUT2D eigenvalue weighted by Crippen LogP contribution is -2.23. The Labute approximate surface area is 125 Å². The third-order valence-corrected chi connectivity index (χ3v) is 3.38. The maximum atomic E-state index is 6.03. The summed E-state index contributed by atoms with van der Waals surface area (Å²) in [4.78, 5) is 0. The van der Waals surface area contributed by atoms with Gasteiger partial charge in [-0.3, -0.25) is 0 Å². The fourth-order valence-electron chi connectivity index (χ4n) is 1.96. The molecular formula is C17H22N2O2. The second kappa shape index (κ2) is 6.39. The van der Waals surface area contributed by atoms with Crippen LogP contribution in [0.1, 0.15) is 24.5 Å². The summed E-state index contributed by atoms with van der Waals surface area (Å²) in [6.07, 6.45) is 0.314. The molecule has 2 aromatic carbocycles. The lowest BCUT2D eigenvalue weighted by Gasteiger charge is -2.21. The summed E-state index contributed by atoms with van der Waals surface area (Å²) in [5, 5.41) is 0. The summed E-state index contributed by atoms with van der Waals surface area (Å²) in [5.74, 6) is 1.38. The number of rotatable bonds is 5. The molecule has 1 atom stereocenters. The van der Waals surface area contributed by atoms with Gasteiger partial charge in [-0.1, -0.05) is 19.1 Å². The van der Waals surface area contributed by atoms with Crippen molar-refractivity contribution < 1.29 is 9.47 Å². The molecule has 0 fully saturated rings. The minimum absolute atomic E-state index is 0.392. The molecule has 2 aromatic rings. The van der Waals surface area contributed by atoms with Crippen LogP contribution in [0.15, 0.2) is 36.4 Å². The maximum absolute atomic E-state index is 6.03. The Morgan fingerprint density at radius 2 is 1.76 bits per heavy atom. The highest BCUT2D eigenvalue weighted by molar-refractivity contribution is 5.57. The standard InChI is InChI=1S/C17H22N2O2/c1-4-16(20-13-8-9-14(18)12(3)10-13)21-15-7-5-6-11(2)17(15)19/h5-10,16H,4,18-19H2,1-3H3. The largest absolute Gasteiger partial charge is 0.455 e. The molecule has 1 unspecified atom stereocenters. The first kappa shape index (κ1) is 15.0. The van der Waals surface area contributed by atoms with E-state index in [1.807, 2.05) is 57.2 Å². The predicted octanol–water partition coefficient (Wildman–Crippen LogP) is 3.66. The molecule has 0 saturated carbocycles. The fraction of sp³-hybridized carbons (Fsp3) is 0.294. The molecular weight excluding hydrogens is 264 g/mol. The number of hydrogen-bond acceptors (Lipinski definition) is 4. The van der Waals surface area contributed by atoms with Crippen LogP contribution in [-0.2, 0) is 0 Å². The van der Waals surface area contributed by atoms with E-state index >= 15 is 0 Å². The number of anilines is 2. The highest BCUT2D eigenvalue weighted by Gasteiger charge is 2.13. The average molecular weight is 286 g/mol. The van der Waals surface area contributed by atoms with E-state index in [1.165, 1.54) is 0 Å². The minimum Gasteiger partial charge on any atom is -0.455 e. The van der Waals surface area contributed by atoms with E-state index in [1.54, 1.807) is 0 Å². The zero-order valence-corrected chi connectivity index (χ0v) is 12.7. The molecule has 0 aliphatic heterocycles. The Morgan fingerprint density at radius 1 is 1.00 bits per heavy atom. The van der Waals surface area contributed by atoms with Crippen molar-refractivity contribution in [2.45, 2.75) is 33.5 Å². The summed E-state index contributed by atoms with van der Waals surface area (Å²) in [6, 6.07) is 11.3. The summed E-state index contributed by atoms with van der Waals surface area (Å²) in [7, 11) is 0. The van der Waals surface area contributed by atoms with Crippen molar-refractivity contribution >= 4 is 11.4 Å². The van der Waals surface area contributed by atoms with Gasteiger partial charge in [-0.2, -0.15) is 0 Å². The van der Waals surface area contributed by atoms with Gasteiger partial charge in [-0.15, -0.1) is 0 Å². The zero-order valence-electron chi connectivity index (χ0n) is 12.7. The lowest BCUT2D eigenvalue weighted by atomic mass is 10.2. The molecule has 0 aromatic heterocycles. The van der Waals surface area contributed by atoms with Gasteiger partial charge >= 0.3 is 0 Å². The highest BCUT2D eigenvalue weighted by Crippen LogP contribution is 2.27. The third kappa shape index (κ3) is 3.60. The molecule has 0 radical (unpaired) electrons. The number of benzene rings is 2. The average Bonchev–Trinajstić information content (AvgIpc) is 2.47. The fourth-order valence-corrected chi connectivity index (χ4v) is 1.96. The van der Waals surface area contributed by atoms with Gasteiger partial charge in [-0.25, -0.2) is 0 Å². The first-order chi connectivity index (χ1) is 10.0. The molecule has 4 heteroatoms. The third-order valence-electron chi connectivity index (χ3n) is 3.38. The monoisotopic (exact) mass is 286 g/mol. The summed E-state index contributed by atoms with van der Waals surface area (Å²) >= 11 is 0. The molecule has 0 amide bonds. The molecule has 112 valence electrons. The summed E-state index contributed by atoms with van der Waals surface area (Å²) < 4.78 is 11.7. The quantitative estimate of drug-likeness (QED) is 0.650. The van der Waals surface area contributed by atoms with E-state index in [0.29, 0.717) is 17.9 Å². The number of hydrogen-bond donors (Lipinski definition) is 2. The van der Waals surface area contributed by atoms with Crippen molar-refractivity contribution in [3.8, 4) is 11.5 Å². The van der Waals surface area contributed by atoms with Crippen LogP contribution in [0.5, 0.6) is 11.5 Å². The minimum atomic E-state index is -0.392. The van der Waals surface area contributed by atoms with E-state index in [2.05, 4.69) is 0 Å². The Morgan fingerprint density at radius 3 is 2.43 bits per heavy atom. The SMILES string of the molecule is CCC(Oc1ccc(N)c(C)c1)Oc1cccc(C)c1N. The van der Waals surface area contributed by atoms with Crippen LogP contribution >= 0.6 is 0 Å². The molecule has 0 aliphatic rings. The Balaban J connectivity index is 2.13. The van der Waals surface area contributed by atoms with Crippen LogP contribution in [-0.4, -0.2) is 6.29 Å². The van der Waals surface area contributed by atoms with Crippen LogP contribution in [0.3, 0.4) is 0 Å². The van der Waals surface area contributed by atoms with Crippen LogP contribution < -0.4 is 20.9 Å². The molecule has 0 heterocycles. The van der Waals surface area contributed by atoms with Crippen molar-refractivity contribution in [2.24, 2.45) is 0 Å². The topological polar surface area (TPSA) is 70.5 Å². The zero-order chi connectivity index (χ0) is 15.4. The predicted molar refractivity (Wildman–Crippen MR) is 86.5 cm³/mol. The second-order valence-electron chi connectivity index (χ2n) is 5.08. The second-order valence-corrected chi connectivity index (χ2v) is 5.08. The molecule has 2 rings (SSSR count). The molecule has 4 N–H and O–H groups in total. The summed E-state index contributed by atoms with van der Waals surface area (Å²) in [6.45, 7) is 5.90. The van der Waals surface area contributed by atoms with E-state index in [0.717, 1.165) is 22.6 Å². The maximum Gasteiger partial charge on any atom is 0.241 e. The van der Waals surface area contributed by atoms with Gasteiger partial charge in [0.25, 0.3) is 0 Å². The Bertz CT molecular complexity index is 626. The van der Waals surface area contributed by atoms with E-state index in [-0.39, 0.29) is 0 Å². The van der Waals surface area contributed by atoms with E-state index in [9.17, 15) is 0 Å². The van der Waals surface area contributed by atoms with Crippen molar-refractivity contribution in [1.29, 1.82) is 0 Å². The van der Waals surface area contributed by atoms with Gasteiger partial charge in [0.1, 0.15) is 11.5 Å². The number of para-hydroxylation sites is 1. The molecule has 4 nitrogen and oxygen atoms in total. The van der Waals surface area contributed by atoms with Crippen molar-refractivity contribution in [3.63, 3.8) is 0 Å². The van der Waals surface area contributed by atoms with Crippen LogP contribution in [0, 0.1) is 13.8 Å². The number of nitrogens with two attached hydrogens (primary N) is 2. The Hall–Kier alpha value is -2.36. The Kier molecular flexibility index (Phi) is 4.58. The first-order valence-electron chi connectivity index (χ1n) is 7.05. The van der Waals surface area contributed by atoms with Crippen molar-refractivity contribution in [1.82, 2.24) is 0 Å². The van der Waals surface area contributed by atoms with Gasteiger partial charge in [0, 0.05) is 12.1 Å². The van der Waals surface area contributed by atoms with Crippen LogP contribution in [0.2, 0.25) is 0 Å². The van der Waals surface area contributed by atoms with Gasteiger partial charge in [-0.05, 0) is 49.2 Å². The number of aryl methyl sites for hydroxylation is 2. The lowest BCUT2D eigenvalue weighted by molar-refractivity contribution is 0.00383. The van der Waals surface area contributed by atoms with Crippen LogP contribution in [0.25, 0.3) is 0 Å². The smallest absolute Gasteiger partial charge is 0.241 e. The summed E-state index contributed by atoms with van der Waals surface area (Å²) in [5.41, 5.74) is 15.2. The normalized spacial score (nSPS) is 12.0. The van der Waals surface area contributed by atoms with E-state index in [4.69, 9.17) is 20.9 Å². The molecule has 0 spiro atoms.